The summed E-state index contributed by atoms with van der Waals surface area (Å²) in [5, 5.41) is 0. The van der Waals surface area contributed by atoms with Crippen molar-refractivity contribution in [1.29, 1.82) is 0 Å². The van der Waals surface area contributed by atoms with Gasteiger partial charge >= 0.3 is 0 Å². The van der Waals surface area contributed by atoms with Crippen LogP contribution in [0.2, 0.25) is 0 Å². The summed E-state index contributed by atoms with van der Waals surface area (Å²) in [5.41, 5.74) is 2.50. The Morgan fingerprint density at radius 3 is 2.86 bits per heavy atom. The van der Waals surface area contributed by atoms with Gasteiger partial charge in [0.05, 0.1) is 6.54 Å². The Balaban J connectivity index is 1.66. The van der Waals surface area contributed by atoms with Crippen LogP contribution in [0.15, 0.2) is 22.7 Å². The molecule has 1 aliphatic heterocycles. The lowest BCUT2D eigenvalue weighted by Crippen LogP contribution is -2.31. The van der Waals surface area contributed by atoms with E-state index in [1.807, 2.05) is 6.20 Å². The zero-order valence-electron chi connectivity index (χ0n) is 12.9. The number of hydrogen-bond donors (Lipinski definition) is 0. The summed E-state index contributed by atoms with van der Waals surface area (Å²) in [6.07, 6.45) is 6.05. The highest BCUT2D eigenvalue weighted by molar-refractivity contribution is 5.21. The lowest BCUT2D eigenvalue weighted by molar-refractivity contribution is 0.221. The van der Waals surface area contributed by atoms with Gasteiger partial charge in [-0.15, -0.1) is 0 Å². The minimum atomic E-state index is 0.871. The van der Waals surface area contributed by atoms with Gasteiger partial charge in [-0.2, -0.15) is 0 Å². The van der Waals surface area contributed by atoms with Crippen LogP contribution < -0.4 is 0 Å². The highest BCUT2D eigenvalue weighted by Crippen LogP contribution is 2.20. The van der Waals surface area contributed by atoms with E-state index in [1.165, 1.54) is 11.3 Å². The molecule has 112 valence electrons. The average Bonchev–Trinajstić information content (AvgIpc) is 2.95. The molecule has 0 unspecified atom stereocenters. The minimum Gasteiger partial charge on any atom is -0.465 e. The number of rotatable bonds is 5. The molecule has 0 bridgehead atoms. The number of hydrogen-bond acceptors (Lipinski definition) is 4. The Morgan fingerprint density at radius 2 is 2.10 bits per heavy atom. The molecule has 0 aliphatic carbocycles. The number of aromatic nitrogens is 2. The van der Waals surface area contributed by atoms with Crippen molar-refractivity contribution < 1.29 is 4.42 Å². The van der Waals surface area contributed by atoms with Crippen LogP contribution >= 0.6 is 0 Å². The summed E-state index contributed by atoms with van der Waals surface area (Å²) in [4.78, 5) is 11.6. The molecule has 3 rings (SSSR count). The van der Waals surface area contributed by atoms with E-state index < -0.39 is 0 Å². The van der Waals surface area contributed by atoms with E-state index in [0.29, 0.717) is 0 Å². The smallest absolute Gasteiger partial charge is 0.128 e. The second-order valence-corrected chi connectivity index (χ2v) is 5.69. The first-order valence-corrected chi connectivity index (χ1v) is 7.92. The zero-order chi connectivity index (χ0) is 14.7. The maximum absolute atomic E-state index is 5.80. The van der Waals surface area contributed by atoms with E-state index >= 15 is 0 Å². The molecule has 4 nitrogen and oxygen atoms in total. The molecule has 0 amide bonds. The fraction of sp³-hybridized carbons (Fsp3) is 0.529. The Labute approximate surface area is 126 Å². The molecule has 2 aromatic rings. The second-order valence-electron chi connectivity index (χ2n) is 5.69. The highest BCUT2D eigenvalue weighted by Gasteiger charge is 2.19. The predicted octanol–water partition coefficient (Wildman–Crippen LogP) is 3.14. The van der Waals surface area contributed by atoms with Crippen LogP contribution in [0, 0.1) is 0 Å². The van der Waals surface area contributed by atoms with Crippen LogP contribution in [0.5, 0.6) is 0 Å². The number of furan rings is 1. The average molecular weight is 285 g/mol. The fourth-order valence-corrected chi connectivity index (χ4v) is 2.81. The Morgan fingerprint density at radius 1 is 1.24 bits per heavy atom. The molecule has 0 N–H and O–H groups in total. The summed E-state index contributed by atoms with van der Waals surface area (Å²) >= 11 is 0. The summed E-state index contributed by atoms with van der Waals surface area (Å²) in [7, 11) is 0. The first kappa shape index (κ1) is 14.3. The zero-order valence-corrected chi connectivity index (χ0v) is 12.9. The maximum Gasteiger partial charge on any atom is 0.128 e. The van der Waals surface area contributed by atoms with Crippen molar-refractivity contribution in [2.45, 2.75) is 52.6 Å². The molecule has 4 heteroatoms. The molecule has 1 aliphatic rings. The van der Waals surface area contributed by atoms with E-state index in [1.54, 1.807) is 0 Å². The van der Waals surface area contributed by atoms with E-state index in [0.717, 1.165) is 62.7 Å². The predicted molar refractivity (Wildman–Crippen MR) is 81.9 cm³/mol. The Hall–Kier alpha value is -1.68. The fourth-order valence-electron chi connectivity index (χ4n) is 2.81. The first-order chi connectivity index (χ1) is 10.3. The molecule has 0 saturated carbocycles. The van der Waals surface area contributed by atoms with Gasteiger partial charge in [0.2, 0.25) is 0 Å². The van der Waals surface area contributed by atoms with Crippen LogP contribution in [-0.2, 0) is 32.4 Å². The third-order valence-electron chi connectivity index (χ3n) is 3.98. The van der Waals surface area contributed by atoms with Crippen molar-refractivity contribution in [1.82, 2.24) is 14.9 Å². The molecular weight excluding hydrogens is 262 g/mol. The van der Waals surface area contributed by atoms with Gasteiger partial charge in [-0.3, -0.25) is 4.90 Å². The van der Waals surface area contributed by atoms with Crippen molar-refractivity contribution in [3.8, 4) is 0 Å². The van der Waals surface area contributed by atoms with Crippen LogP contribution in [0.1, 0.15) is 48.9 Å². The minimum absolute atomic E-state index is 0.871. The molecule has 0 radical (unpaired) electrons. The lowest BCUT2D eigenvalue weighted by Gasteiger charge is -2.27. The third-order valence-corrected chi connectivity index (χ3v) is 3.98. The number of nitrogens with zero attached hydrogens (tertiary/aromatic N) is 3. The molecule has 2 aromatic heterocycles. The van der Waals surface area contributed by atoms with Crippen molar-refractivity contribution in [3.63, 3.8) is 0 Å². The summed E-state index contributed by atoms with van der Waals surface area (Å²) in [6, 6.07) is 4.17. The molecule has 0 aromatic carbocycles. The third kappa shape index (κ3) is 3.32. The Bertz CT molecular complexity index is 606. The van der Waals surface area contributed by atoms with E-state index in [-0.39, 0.29) is 0 Å². The van der Waals surface area contributed by atoms with E-state index in [2.05, 4.69) is 35.9 Å². The normalized spacial score (nSPS) is 15.1. The largest absolute Gasteiger partial charge is 0.465 e. The van der Waals surface area contributed by atoms with Crippen LogP contribution in [-0.4, -0.2) is 21.4 Å². The van der Waals surface area contributed by atoms with Crippen molar-refractivity contribution in [2.75, 3.05) is 6.54 Å². The van der Waals surface area contributed by atoms with Crippen molar-refractivity contribution in [2.24, 2.45) is 0 Å². The molecule has 3 heterocycles. The summed E-state index contributed by atoms with van der Waals surface area (Å²) in [5.74, 6) is 3.11. The van der Waals surface area contributed by atoms with Crippen molar-refractivity contribution in [3.05, 3.63) is 46.9 Å². The lowest BCUT2D eigenvalue weighted by atomic mass is 10.1. The molecule has 0 atom stereocenters. The Kier molecular flexibility index (Phi) is 4.34. The van der Waals surface area contributed by atoms with Gasteiger partial charge < -0.3 is 4.42 Å². The number of fused-ring (bicyclic) bond motifs is 1. The standard InChI is InChI=1S/C17H23N3O/c1-3-5-17-18-10-13-11-20(9-8-16(13)19-17)12-15-7-6-14(4-2)21-15/h6-7,10H,3-5,8-9,11-12H2,1-2H3. The van der Waals surface area contributed by atoms with Gasteiger partial charge in [0.1, 0.15) is 17.3 Å². The summed E-state index contributed by atoms with van der Waals surface area (Å²) < 4.78 is 5.80. The monoisotopic (exact) mass is 285 g/mol. The molecule has 21 heavy (non-hydrogen) atoms. The van der Waals surface area contributed by atoms with Crippen molar-refractivity contribution >= 4 is 0 Å². The SMILES string of the molecule is CCCc1ncc2c(n1)CCN(Cc1ccc(CC)o1)C2. The van der Waals surface area contributed by atoms with E-state index in [4.69, 9.17) is 9.40 Å². The van der Waals surface area contributed by atoms with Crippen LogP contribution in [0.4, 0.5) is 0 Å². The highest BCUT2D eigenvalue weighted by atomic mass is 16.3. The topological polar surface area (TPSA) is 42.2 Å². The van der Waals surface area contributed by atoms with Gasteiger partial charge in [0.15, 0.2) is 0 Å². The molecule has 0 saturated heterocycles. The van der Waals surface area contributed by atoms with E-state index in [9.17, 15) is 0 Å². The summed E-state index contributed by atoms with van der Waals surface area (Å²) in [6.45, 7) is 7.11. The first-order valence-electron chi connectivity index (χ1n) is 7.92. The van der Waals surface area contributed by atoms with Gasteiger partial charge in [0, 0.05) is 49.8 Å². The van der Waals surface area contributed by atoms with Gasteiger partial charge in [-0.05, 0) is 18.6 Å². The van der Waals surface area contributed by atoms with Crippen LogP contribution in [0.3, 0.4) is 0 Å². The number of aryl methyl sites for hydroxylation is 2. The maximum atomic E-state index is 5.80. The molecule has 0 spiro atoms. The van der Waals surface area contributed by atoms with Gasteiger partial charge in [-0.25, -0.2) is 9.97 Å². The van der Waals surface area contributed by atoms with Crippen LogP contribution in [0.25, 0.3) is 0 Å². The molecular formula is C17H23N3O. The molecule has 0 fully saturated rings. The van der Waals surface area contributed by atoms with Gasteiger partial charge in [0.25, 0.3) is 0 Å². The quantitative estimate of drug-likeness (QED) is 0.846. The second kappa shape index (κ2) is 6.39. The van der Waals surface area contributed by atoms with Gasteiger partial charge in [-0.1, -0.05) is 13.8 Å².